The van der Waals surface area contributed by atoms with Crippen LogP contribution in [0.5, 0.6) is 11.5 Å². The molecule has 10 heteroatoms. The van der Waals surface area contributed by atoms with Crippen LogP contribution in [0.3, 0.4) is 0 Å². The van der Waals surface area contributed by atoms with E-state index >= 15 is 0 Å². The molecule has 0 saturated carbocycles. The van der Waals surface area contributed by atoms with Gasteiger partial charge in [0.05, 0.1) is 19.1 Å². The minimum Gasteiger partial charge on any atom is -0.497 e. The Kier molecular flexibility index (Phi) is 8.75. The summed E-state index contributed by atoms with van der Waals surface area (Å²) in [5, 5.41) is 15.4. The van der Waals surface area contributed by atoms with E-state index in [0.717, 1.165) is 46.7 Å². The molecule has 0 heterocycles. The van der Waals surface area contributed by atoms with Crippen LogP contribution in [0.15, 0.2) is 84.0 Å². The van der Waals surface area contributed by atoms with Crippen molar-refractivity contribution in [3.8, 4) is 11.5 Å². The van der Waals surface area contributed by atoms with Crippen molar-refractivity contribution in [2.45, 2.75) is 37.0 Å². The smallest absolute Gasteiger partial charge is 0.349 e. The van der Waals surface area contributed by atoms with Crippen LogP contribution >= 0.6 is 0 Å². The van der Waals surface area contributed by atoms with Crippen LogP contribution in [0.1, 0.15) is 52.7 Å². The molecule has 0 aliphatic heterocycles. The number of ether oxygens (including phenoxy) is 2. The van der Waals surface area contributed by atoms with Gasteiger partial charge in [-0.1, -0.05) is 42.5 Å². The van der Waals surface area contributed by atoms with Crippen molar-refractivity contribution in [2.75, 3.05) is 13.7 Å². The summed E-state index contributed by atoms with van der Waals surface area (Å²) in [6, 6.07) is 23.6. The largest absolute Gasteiger partial charge is 0.497 e. The number of carboxylic acids is 1. The van der Waals surface area contributed by atoms with Gasteiger partial charge in [0.2, 0.25) is 16.1 Å². The number of benzene rings is 4. The third-order valence-corrected chi connectivity index (χ3v) is 8.81. The fraction of sp³-hybridized carbons (Fsp3) is 0.250. The van der Waals surface area contributed by atoms with Gasteiger partial charge in [0, 0.05) is 12.1 Å². The number of nitrogens with two attached hydrogens (primary N) is 1. The van der Waals surface area contributed by atoms with E-state index in [1.54, 1.807) is 55.8 Å². The van der Waals surface area contributed by atoms with E-state index in [9.17, 15) is 18.3 Å². The van der Waals surface area contributed by atoms with Crippen molar-refractivity contribution in [3.63, 3.8) is 0 Å². The van der Waals surface area contributed by atoms with Crippen LogP contribution in [-0.4, -0.2) is 39.4 Å². The molecule has 2 atom stereocenters. The van der Waals surface area contributed by atoms with Crippen molar-refractivity contribution >= 4 is 33.0 Å². The number of aryl methyl sites for hydroxylation is 1. The van der Waals surface area contributed by atoms with Gasteiger partial charge in [-0.3, -0.25) is 0 Å². The minimum absolute atomic E-state index is 0.0624. The number of hydrogen-bond acceptors (Lipinski definition) is 7. The van der Waals surface area contributed by atoms with Crippen molar-refractivity contribution in [1.82, 2.24) is 4.72 Å². The Bertz CT molecular complexity index is 1740. The molecule has 4 aromatic carbocycles. The molecule has 0 spiro atoms. The number of hydrazone groups is 1. The van der Waals surface area contributed by atoms with E-state index < -0.39 is 22.1 Å². The third kappa shape index (κ3) is 6.89. The lowest BCUT2D eigenvalue weighted by Gasteiger charge is -2.27. The Balaban J connectivity index is 1.32. The van der Waals surface area contributed by atoms with Crippen LogP contribution in [0.4, 0.5) is 0 Å². The van der Waals surface area contributed by atoms with Gasteiger partial charge < -0.3 is 20.4 Å². The summed E-state index contributed by atoms with van der Waals surface area (Å²) in [6.45, 7) is 0.243. The predicted molar refractivity (Wildman–Crippen MR) is 162 cm³/mol. The second kappa shape index (κ2) is 12.6. The zero-order valence-corrected chi connectivity index (χ0v) is 24.0. The number of sulfonamides is 1. The standard InChI is InChI=1S/C32H33N3O6S/c1-40-28-7-2-4-22(15-28)20-42(38,39)35-19-27-6-3-5-23-12-13-29(17-30(23)27)41-31(32(36)37)26-11-10-24-14-21(18-34-33)8-9-25(24)16-26/h2,4,7-18,27,31,35H,3,5-6,19-20,33H2,1H3,(H,36,37). The van der Waals surface area contributed by atoms with Gasteiger partial charge in [-0.2, -0.15) is 5.10 Å². The highest BCUT2D eigenvalue weighted by molar-refractivity contribution is 7.88. The maximum Gasteiger partial charge on any atom is 0.349 e. The zero-order valence-electron chi connectivity index (χ0n) is 23.2. The highest BCUT2D eigenvalue weighted by Crippen LogP contribution is 2.35. The summed E-state index contributed by atoms with van der Waals surface area (Å²) in [4.78, 5) is 12.3. The van der Waals surface area contributed by atoms with Crippen LogP contribution in [0, 0.1) is 0 Å². The highest BCUT2D eigenvalue weighted by atomic mass is 32.2. The summed E-state index contributed by atoms with van der Waals surface area (Å²) in [7, 11) is -2.05. The average molecular weight is 588 g/mol. The summed E-state index contributed by atoms with van der Waals surface area (Å²) in [5.74, 6) is 4.95. The fourth-order valence-electron chi connectivity index (χ4n) is 5.43. The second-order valence-electron chi connectivity index (χ2n) is 10.4. The minimum atomic E-state index is -3.59. The number of nitrogens with one attached hydrogen (secondary N) is 1. The van der Waals surface area contributed by atoms with Gasteiger partial charge in [0.1, 0.15) is 11.5 Å². The van der Waals surface area contributed by atoms with Crippen molar-refractivity contribution in [2.24, 2.45) is 10.9 Å². The molecule has 0 amide bonds. The topological polar surface area (TPSA) is 140 Å². The number of fused-ring (bicyclic) bond motifs is 2. The van der Waals surface area contributed by atoms with E-state index in [4.69, 9.17) is 15.3 Å². The Morgan fingerprint density at radius 3 is 2.67 bits per heavy atom. The molecule has 9 nitrogen and oxygen atoms in total. The molecule has 1 aliphatic carbocycles. The van der Waals surface area contributed by atoms with Gasteiger partial charge in [0.15, 0.2) is 0 Å². The summed E-state index contributed by atoms with van der Waals surface area (Å²) < 4.78 is 39.8. The zero-order chi connectivity index (χ0) is 29.7. The molecule has 42 heavy (non-hydrogen) atoms. The number of nitrogens with zero attached hydrogens (tertiary/aromatic N) is 1. The Morgan fingerprint density at radius 2 is 1.88 bits per heavy atom. The first kappa shape index (κ1) is 29.1. The van der Waals surface area contributed by atoms with Crippen LogP contribution < -0.4 is 20.0 Å². The first-order valence-electron chi connectivity index (χ1n) is 13.6. The van der Waals surface area contributed by atoms with Gasteiger partial charge >= 0.3 is 5.97 Å². The number of methoxy groups -OCH3 is 1. The van der Waals surface area contributed by atoms with Gasteiger partial charge in [-0.05, 0) is 94.6 Å². The lowest BCUT2D eigenvalue weighted by molar-refractivity contribution is -0.145. The second-order valence-corrected chi connectivity index (χ2v) is 12.2. The molecule has 5 rings (SSSR count). The fourth-order valence-corrected chi connectivity index (χ4v) is 6.61. The van der Waals surface area contributed by atoms with Crippen LogP contribution in [-0.2, 0) is 27.0 Å². The molecule has 0 fully saturated rings. The van der Waals surface area contributed by atoms with Crippen molar-refractivity contribution in [1.29, 1.82) is 0 Å². The first-order chi connectivity index (χ1) is 20.2. The molecule has 1 aliphatic rings. The SMILES string of the molecule is COc1cccc(CS(=O)(=O)NCC2CCCc3ccc(OC(C(=O)O)c4ccc5cc(C=NN)ccc5c4)cc32)c1. The maximum atomic E-state index is 12.9. The molecule has 0 saturated heterocycles. The molecule has 2 unspecified atom stereocenters. The molecule has 218 valence electrons. The Morgan fingerprint density at radius 1 is 1.07 bits per heavy atom. The molecular weight excluding hydrogens is 554 g/mol. The Hall–Kier alpha value is -4.41. The van der Waals surface area contributed by atoms with E-state index in [1.807, 2.05) is 36.4 Å². The third-order valence-electron chi connectivity index (χ3n) is 7.49. The molecule has 0 bridgehead atoms. The summed E-state index contributed by atoms with van der Waals surface area (Å²) in [6.07, 6.45) is 2.93. The lowest BCUT2D eigenvalue weighted by atomic mass is 9.83. The van der Waals surface area contributed by atoms with Crippen LogP contribution in [0.2, 0.25) is 0 Å². The normalized spacial score (nSPS) is 15.8. The molecule has 4 aromatic rings. The van der Waals surface area contributed by atoms with Gasteiger partial charge in [-0.15, -0.1) is 0 Å². The van der Waals surface area contributed by atoms with Crippen molar-refractivity contribution < 1.29 is 27.8 Å². The van der Waals surface area contributed by atoms with Gasteiger partial charge in [0.25, 0.3) is 0 Å². The summed E-state index contributed by atoms with van der Waals surface area (Å²) in [5.41, 5.74) is 4.07. The van der Waals surface area contributed by atoms with E-state index in [1.165, 1.54) is 0 Å². The quantitative estimate of drug-likeness (QED) is 0.129. The number of hydrogen-bond donors (Lipinski definition) is 3. The van der Waals surface area contributed by atoms with E-state index in [2.05, 4.69) is 9.82 Å². The Labute approximate surface area is 245 Å². The van der Waals surface area contributed by atoms with Crippen molar-refractivity contribution in [3.05, 3.63) is 107 Å². The number of aliphatic carboxylic acids is 1. The maximum absolute atomic E-state index is 12.9. The summed E-state index contributed by atoms with van der Waals surface area (Å²) >= 11 is 0. The number of carbonyl (C=O) groups is 1. The molecule has 4 N–H and O–H groups in total. The average Bonchev–Trinajstić information content (AvgIpc) is 2.98. The molecular formula is C32H33N3O6S. The van der Waals surface area contributed by atoms with Crippen LogP contribution in [0.25, 0.3) is 10.8 Å². The highest BCUT2D eigenvalue weighted by Gasteiger charge is 2.26. The lowest BCUT2D eigenvalue weighted by Crippen LogP contribution is -2.31. The monoisotopic (exact) mass is 587 g/mol. The van der Waals surface area contributed by atoms with Gasteiger partial charge in [-0.25, -0.2) is 17.9 Å². The molecule has 0 aromatic heterocycles. The first-order valence-corrected chi connectivity index (χ1v) is 15.3. The number of rotatable bonds is 11. The van der Waals surface area contributed by atoms with E-state index in [-0.39, 0.29) is 18.2 Å². The molecule has 0 radical (unpaired) electrons. The predicted octanol–water partition coefficient (Wildman–Crippen LogP) is 4.89. The van der Waals surface area contributed by atoms with E-state index in [0.29, 0.717) is 22.6 Å². The number of carboxylic acid groups (broad SMARTS) is 1.